The minimum Gasteiger partial charge on any atom is -0.507 e. The molecule has 2 N–H and O–H groups in total. The van der Waals surface area contributed by atoms with Gasteiger partial charge in [-0.05, 0) is 57.8 Å². The molecule has 0 saturated carbocycles. The van der Waals surface area contributed by atoms with Crippen LogP contribution in [0.5, 0.6) is 11.5 Å². The second-order valence-corrected chi connectivity index (χ2v) is 8.93. The van der Waals surface area contributed by atoms with Crippen LogP contribution in [0.1, 0.15) is 24.0 Å². The van der Waals surface area contributed by atoms with Crippen LogP contribution < -0.4 is 0 Å². The van der Waals surface area contributed by atoms with Crippen LogP contribution in [-0.2, 0) is 17.6 Å². The van der Waals surface area contributed by atoms with Gasteiger partial charge < -0.3 is 15.1 Å². The zero-order valence-corrected chi connectivity index (χ0v) is 18.9. The number of phenolic OH excluding ortho intramolecular Hbond substituents is 2. The van der Waals surface area contributed by atoms with Crippen molar-refractivity contribution >= 4 is 21.8 Å². The normalized spacial score (nSPS) is 14.5. The van der Waals surface area contributed by atoms with Crippen LogP contribution in [0.2, 0.25) is 0 Å². The molecule has 3 aromatic carbocycles. The molecule has 0 radical (unpaired) electrons. The van der Waals surface area contributed by atoms with Crippen molar-refractivity contribution in [3.8, 4) is 22.6 Å². The maximum absolute atomic E-state index is 13.1. The first-order valence-corrected chi connectivity index (χ1v) is 11.4. The number of halogens is 1. The maximum Gasteiger partial charge on any atom is 0.227 e. The Morgan fingerprint density at radius 2 is 1.55 bits per heavy atom. The van der Waals surface area contributed by atoms with E-state index in [-0.39, 0.29) is 23.8 Å². The lowest BCUT2D eigenvalue weighted by Crippen LogP contribution is -2.39. The molecule has 0 atom stereocenters. The van der Waals surface area contributed by atoms with E-state index >= 15 is 0 Å². The Morgan fingerprint density at radius 1 is 0.935 bits per heavy atom. The number of amides is 1. The van der Waals surface area contributed by atoms with Crippen molar-refractivity contribution in [1.82, 2.24) is 4.90 Å². The average Bonchev–Trinajstić information content (AvgIpc) is 2.79. The predicted molar refractivity (Wildman–Crippen MR) is 126 cm³/mol. The molecule has 1 aliphatic rings. The number of rotatable bonds is 5. The number of carbonyl (C=O) groups excluding carboxylic acids is 1. The van der Waals surface area contributed by atoms with Gasteiger partial charge in [0.25, 0.3) is 0 Å². The zero-order chi connectivity index (χ0) is 21.8. The molecular weight excluding hydrogens is 454 g/mol. The van der Waals surface area contributed by atoms with Crippen molar-refractivity contribution in [3.05, 3.63) is 82.3 Å². The quantitative estimate of drug-likeness (QED) is 0.504. The predicted octanol–water partition coefficient (Wildman–Crippen LogP) is 5.55. The van der Waals surface area contributed by atoms with E-state index in [4.69, 9.17) is 0 Å². The average molecular weight is 480 g/mol. The van der Waals surface area contributed by atoms with E-state index < -0.39 is 0 Å². The van der Waals surface area contributed by atoms with Crippen molar-refractivity contribution in [2.24, 2.45) is 5.92 Å². The van der Waals surface area contributed by atoms with Crippen molar-refractivity contribution < 1.29 is 15.0 Å². The van der Waals surface area contributed by atoms with Gasteiger partial charge in [0, 0.05) is 24.7 Å². The van der Waals surface area contributed by atoms with Crippen LogP contribution >= 0.6 is 15.9 Å². The van der Waals surface area contributed by atoms with Crippen LogP contribution in [0.4, 0.5) is 0 Å². The number of carbonyl (C=O) groups is 1. The summed E-state index contributed by atoms with van der Waals surface area (Å²) in [5.41, 5.74) is 3.35. The molecular formula is C26H26BrNO3. The number of piperidine rings is 1. The molecule has 1 saturated heterocycles. The third-order valence-electron chi connectivity index (χ3n) is 6.05. The first kappa shape index (κ1) is 21.4. The van der Waals surface area contributed by atoms with Gasteiger partial charge in [-0.15, -0.1) is 0 Å². The SMILES string of the molecule is O=C(Cc1c(Br)c(O)cc(O)c1-c1ccccc1)N1CCC(Cc2ccccc2)CC1. The summed E-state index contributed by atoms with van der Waals surface area (Å²) in [6, 6.07) is 21.3. The Bertz CT molecular complexity index is 1050. The highest BCUT2D eigenvalue weighted by Gasteiger charge is 2.26. The van der Waals surface area contributed by atoms with Gasteiger partial charge in [0.15, 0.2) is 0 Å². The lowest BCUT2D eigenvalue weighted by Gasteiger charge is -2.32. The highest BCUT2D eigenvalue weighted by Crippen LogP contribution is 2.42. The first-order valence-electron chi connectivity index (χ1n) is 10.6. The summed E-state index contributed by atoms with van der Waals surface area (Å²) >= 11 is 3.43. The third kappa shape index (κ3) is 4.93. The highest BCUT2D eigenvalue weighted by atomic mass is 79.9. The smallest absolute Gasteiger partial charge is 0.227 e. The Labute approximate surface area is 191 Å². The Morgan fingerprint density at radius 3 is 2.19 bits per heavy atom. The van der Waals surface area contributed by atoms with Gasteiger partial charge in [0.2, 0.25) is 5.91 Å². The Balaban J connectivity index is 1.48. The molecule has 4 rings (SSSR count). The molecule has 5 heteroatoms. The number of likely N-dealkylation sites (tertiary alicyclic amines) is 1. The Hall–Kier alpha value is -2.79. The van der Waals surface area contributed by atoms with Gasteiger partial charge in [0.05, 0.1) is 10.9 Å². The summed E-state index contributed by atoms with van der Waals surface area (Å²) in [5, 5.41) is 20.8. The fourth-order valence-electron chi connectivity index (χ4n) is 4.37. The van der Waals surface area contributed by atoms with Gasteiger partial charge >= 0.3 is 0 Å². The monoisotopic (exact) mass is 479 g/mol. The van der Waals surface area contributed by atoms with E-state index in [9.17, 15) is 15.0 Å². The molecule has 0 unspecified atom stereocenters. The van der Waals surface area contributed by atoms with E-state index in [1.165, 1.54) is 11.6 Å². The molecule has 1 heterocycles. The molecule has 0 aromatic heterocycles. The molecule has 1 amide bonds. The van der Waals surface area contributed by atoms with Crippen molar-refractivity contribution in [2.45, 2.75) is 25.7 Å². The van der Waals surface area contributed by atoms with Crippen LogP contribution in [0.25, 0.3) is 11.1 Å². The summed E-state index contributed by atoms with van der Waals surface area (Å²) in [6.07, 6.45) is 3.14. The first-order chi connectivity index (χ1) is 15.0. The topological polar surface area (TPSA) is 60.8 Å². The summed E-state index contributed by atoms with van der Waals surface area (Å²) < 4.78 is 0.455. The van der Waals surface area contributed by atoms with E-state index in [0.29, 0.717) is 21.5 Å². The number of aromatic hydroxyl groups is 2. The largest absolute Gasteiger partial charge is 0.507 e. The van der Waals surface area contributed by atoms with Crippen molar-refractivity contribution in [3.63, 3.8) is 0 Å². The fraction of sp³-hybridized carbons (Fsp3) is 0.269. The van der Waals surface area contributed by atoms with E-state index in [1.807, 2.05) is 41.3 Å². The summed E-state index contributed by atoms with van der Waals surface area (Å²) in [7, 11) is 0. The van der Waals surface area contributed by atoms with Crippen molar-refractivity contribution in [2.75, 3.05) is 13.1 Å². The van der Waals surface area contributed by atoms with E-state index in [2.05, 4.69) is 40.2 Å². The number of hydrogen-bond acceptors (Lipinski definition) is 3. The standard InChI is InChI=1S/C26H26BrNO3/c27-26-21(25(22(29)17-23(26)30)20-9-5-2-6-10-20)16-24(31)28-13-11-19(12-14-28)15-18-7-3-1-4-8-18/h1-10,17,19,29-30H,11-16H2. The second kappa shape index (κ2) is 9.56. The summed E-state index contributed by atoms with van der Waals surface area (Å²) in [6.45, 7) is 1.47. The van der Waals surface area contributed by atoms with E-state index in [0.717, 1.165) is 37.9 Å². The number of phenols is 2. The number of benzene rings is 3. The lowest BCUT2D eigenvalue weighted by atomic mass is 9.89. The highest BCUT2D eigenvalue weighted by molar-refractivity contribution is 9.10. The third-order valence-corrected chi connectivity index (χ3v) is 6.93. The molecule has 0 bridgehead atoms. The molecule has 4 nitrogen and oxygen atoms in total. The summed E-state index contributed by atoms with van der Waals surface area (Å²) in [5.74, 6) is 0.502. The van der Waals surface area contributed by atoms with Crippen molar-refractivity contribution in [1.29, 1.82) is 0 Å². The second-order valence-electron chi connectivity index (χ2n) is 8.14. The minimum absolute atomic E-state index is 0.0149. The fourth-order valence-corrected chi connectivity index (χ4v) is 4.83. The molecule has 1 fully saturated rings. The summed E-state index contributed by atoms with van der Waals surface area (Å²) in [4.78, 5) is 15.0. The van der Waals surface area contributed by atoms with Crippen LogP contribution in [0, 0.1) is 5.92 Å². The maximum atomic E-state index is 13.1. The molecule has 160 valence electrons. The van der Waals surface area contributed by atoms with Gasteiger partial charge in [-0.2, -0.15) is 0 Å². The van der Waals surface area contributed by atoms with E-state index in [1.54, 1.807) is 0 Å². The number of hydrogen-bond donors (Lipinski definition) is 2. The van der Waals surface area contributed by atoms with Gasteiger partial charge in [-0.1, -0.05) is 60.7 Å². The number of nitrogens with zero attached hydrogens (tertiary/aromatic N) is 1. The molecule has 31 heavy (non-hydrogen) atoms. The van der Waals surface area contributed by atoms with Crippen LogP contribution in [-0.4, -0.2) is 34.1 Å². The van der Waals surface area contributed by atoms with Gasteiger partial charge in [-0.3, -0.25) is 4.79 Å². The van der Waals surface area contributed by atoms with Gasteiger partial charge in [-0.25, -0.2) is 0 Å². The molecule has 3 aromatic rings. The minimum atomic E-state index is -0.0680. The lowest BCUT2D eigenvalue weighted by molar-refractivity contribution is -0.131. The van der Waals surface area contributed by atoms with Crippen LogP contribution in [0.15, 0.2) is 71.2 Å². The zero-order valence-electron chi connectivity index (χ0n) is 17.3. The van der Waals surface area contributed by atoms with Crippen LogP contribution in [0.3, 0.4) is 0 Å². The molecule has 0 aliphatic carbocycles. The molecule has 0 spiro atoms. The Kier molecular flexibility index (Phi) is 6.62. The molecule has 1 aliphatic heterocycles. The van der Waals surface area contributed by atoms with Gasteiger partial charge in [0.1, 0.15) is 11.5 Å².